The molecule has 24 heavy (non-hydrogen) atoms. The normalized spacial score (nSPS) is 13.7. The molecule has 4 nitrogen and oxygen atoms in total. The minimum Gasteiger partial charge on any atom is -0.348 e. The molecule has 3 aromatic rings. The summed E-state index contributed by atoms with van der Waals surface area (Å²) < 4.78 is 14.8. The zero-order valence-corrected chi connectivity index (χ0v) is 12.9. The highest BCUT2D eigenvalue weighted by atomic mass is 19.1. The number of nitrogens with zero attached hydrogens (tertiary/aromatic N) is 2. The number of carbonyl (C=O) groups is 1. The van der Waals surface area contributed by atoms with Crippen LogP contribution in [0.25, 0.3) is 16.9 Å². The first kappa shape index (κ1) is 14.6. The molecule has 1 amide bonds. The molecule has 0 radical (unpaired) electrons. The lowest BCUT2D eigenvalue weighted by atomic mass is 10.1. The van der Waals surface area contributed by atoms with Gasteiger partial charge in [-0.2, -0.15) is 5.10 Å². The highest BCUT2D eigenvalue weighted by Crippen LogP contribution is 2.24. The van der Waals surface area contributed by atoms with Gasteiger partial charge in [-0.25, -0.2) is 9.07 Å². The van der Waals surface area contributed by atoms with Gasteiger partial charge in [0.05, 0.1) is 11.4 Å². The largest absolute Gasteiger partial charge is 0.348 e. The molecular weight excluding hydrogens is 305 g/mol. The zero-order chi connectivity index (χ0) is 16.5. The van der Waals surface area contributed by atoms with Gasteiger partial charge in [0.25, 0.3) is 5.91 Å². The number of hydrogen-bond donors (Lipinski definition) is 1. The fraction of sp³-hybridized carbons (Fsp3) is 0.158. The van der Waals surface area contributed by atoms with Crippen LogP contribution in [0.2, 0.25) is 0 Å². The smallest absolute Gasteiger partial charge is 0.270 e. The Morgan fingerprint density at radius 1 is 1.08 bits per heavy atom. The van der Waals surface area contributed by atoms with E-state index in [0.29, 0.717) is 11.4 Å². The van der Waals surface area contributed by atoms with E-state index < -0.39 is 0 Å². The maximum absolute atomic E-state index is 13.1. The van der Waals surface area contributed by atoms with Gasteiger partial charge in [0.2, 0.25) is 0 Å². The van der Waals surface area contributed by atoms with Gasteiger partial charge in [-0.3, -0.25) is 4.79 Å². The summed E-state index contributed by atoms with van der Waals surface area (Å²) in [6.07, 6.45) is 2.05. The first-order valence-corrected chi connectivity index (χ1v) is 7.93. The van der Waals surface area contributed by atoms with Gasteiger partial charge in [-0.1, -0.05) is 18.2 Å². The van der Waals surface area contributed by atoms with Crippen molar-refractivity contribution in [2.24, 2.45) is 0 Å². The predicted octanol–water partition coefficient (Wildman–Crippen LogP) is 3.57. The summed E-state index contributed by atoms with van der Waals surface area (Å²) in [6.45, 7) is 0. The number of carbonyl (C=O) groups excluding carboxylic acids is 1. The summed E-state index contributed by atoms with van der Waals surface area (Å²) in [6, 6.07) is 17.6. The molecule has 0 spiro atoms. The summed E-state index contributed by atoms with van der Waals surface area (Å²) in [4.78, 5) is 12.6. The molecule has 1 heterocycles. The summed E-state index contributed by atoms with van der Waals surface area (Å²) in [5.74, 6) is -0.435. The van der Waals surface area contributed by atoms with Crippen molar-refractivity contribution in [2.45, 2.75) is 18.9 Å². The number of rotatable bonds is 4. The minimum atomic E-state index is -0.298. The average Bonchev–Trinajstić information content (AvgIpc) is 3.31. The molecule has 1 saturated carbocycles. The number of aromatic nitrogens is 2. The molecule has 1 aliphatic carbocycles. The van der Waals surface area contributed by atoms with Crippen LogP contribution in [-0.4, -0.2) is 21.7 Å². The second-order valence-electron chi connectivity index (χ2n) is 5.92. The van der Waals surface area contributed by atoms with Crippen LogP contribution in [0, 0.1) is 5.82 Å². The van der Waals surface area contributed by atoms with Gasteiger partial charge in [-0.05, 0) is 55.3 Å². The molecule has 5 heteroatoms. The Morgan fingerprint density at radius 3 is 2.46 bits per heavy atom. The lowest BCUT2D eigenvalue weighted by molar-refractivity contribution is 0.0943. The van der Waals surface area contributed by atoms with Crippen LogP contribution >= 0.6 is 0 Å². The van der Waals surface area contributed by atoms with Gasteiger partial charge in [0.15, 0.2) is 0 Å². The van der Waals surface area contributed by atoms with E-state index in [0.717, 1.165) is 24.1 Å². The predicted molar refractivity (Wildman–Crippen MR) is 89.4 cm³/mol. The van der Waals surface area contributed by atoms with Crippen molar-refractivity contribution >= 4 is 5.91 Å². The zero-order valence-electron chi connectivity index (χ0n) is 12.9. The quantitative estimate of drug-likeness (QED) is 0.798. The molecule has 0 unspecified atom stereocenters. The SMILES string of the molecule is O=C(NC1CC1)c1cc(-c2ccc(F)cc2)nn1-c1ccccc1. The van der Waals surface area contributed by atoms with Crippen LogP contribution in [0.15, 0.2) is 60.7 Å². The molecule has 2 aromatic carbocycles. The van der Waals surface area contributed by atoms with Gasteiger partial charge in [-0.15, -0.1) is 0 Å². The van der Waals surface area contributed by atoms with Gasteiger partial charge >= 0.3 is 0 Å². The summed E-state index contributed by atoms with van der Waals surface area (Å²) in [7, 11) is 0. The lowest BCUT2D eigenvalue weighted by Gasteiger charge is -2.07. The third-order valence-electron chi connectivity index (χ3n) is 4.00. The Kier molecular flexibility index (Phi) is 3.61. The monoisotopic (exact) mass is 321 g/mol. The van der Waals surface area contributed by atoms with E-state index in [-0.39, 0.29) is 17.8 Å². The highest BCUT2D eigenvalue weighted by Gasteiger charge is 2.26. The Labute approximate surface area is 138 Å². The fourth-order valence-electron chi connectivity index (χ4n) is 2.56. The number of hydrogen-bond acceptors (Lipinski definition) is 2. The van der Waals surface area contributed by atoms with E-state index in [1.165, 1.54) is 12.1 Å². The number of halogens is 1. The van der Waals surface area contributed by atoms with Crippen molar-refractivity contribution < 1.29 is 9.18 Å². The van der Waals surface area contributed by atoms with Crippen molar-refractivity contribution in [3.63, 3.8) is 0 Å². The molecule has 0 aliphatic heterocycles. The molecule has 1 aliphatic rings. The van der Waals surface area contributed by atoms with Crippen LogP contribution in [0.1, 0.15) is 23.3 Å². The molecule has 0 bridgehead atoms. The molecule has 4 rings (SSSR count). The molecule has 1 fully saturated rings. The van der Waals surface area contributed by atoms with Crippen LogP contribution < -0.4 is 5.32 Å². The minimum absolute atomic E-state index is 0.137. The Hall–Kier alpha value is -2.95. The van der Waals surface area contributed by atoms with E-state index in [1.54, 1.807) is 22.9 Å². The summed E-state index contributed by atoms with van der Waals surface area (Å²) in [5.41, 5.74) is 2.70. The van der Waals surface area contributed by atoms with E-state index >= 15 is 0 Å². The van der Waals surface area contributed by atoms with Gasteiger partial charge in [0.1, 0.15) is 11.5 Å². The molecule has 120 valence electrons. The topological polar surface area (TPSA) is 46.9 Å². The third-order valence-corrected chi connectivity index (χ3v) is 4.00. The maximum atomic E-state index is 13.1. The second kappa shape index (κ2) is 5.92. The van der Waals surface area contributed by atoms with Crippen LogP contribution in [0.4, 0.5) is 4.39 Å². The number of para-hydroxylation sites is 1. The fourth-order valence-corrected chi connectivity index (χ4v) is 2.56. The van der Waals surface area contributed by atoms with Crippen molar-refractivity contribution in [2.75, 3.05) is 0 Å². The number of amides is 1. The Morgan fingerprint density at radius 2 is 1.79 bits per heavy atom. The van der Waals surface area contributed by atoms with E-state index in [2.05, 4.69) is 10.4 Å². The summed E-state index contributed by atoms with van der Waals surface area (Å²) >= 11 is 0. The molecule has 1 aromatic heterocycles. The molecule has 0 atom stereocenters. The van der Waals surface area contributed by atoms with Crippen LogP contribution in [0.3, 0.4) is 0 Å². The van der Waals surface area contributed by atoms with E-state index in [4.69, 9.17) is 0 Å². The number of nitrogens with one attached hydrogen (secondary N) is 1. The Balaban J connectivity index is 1.77. The van der Waals surface area contributed by atoms with Crippen molar-refractivity contribution in [1.82, 2.24) is 15.1 Å². The van der Waals surface area contributed by atoms with Crippen molar-refractivity contribution in [3.05, 3.63) is 72.2 Å². The second-order valence-corrected chi connectivity index (χ2v) is 5.92. The average molecular weight is 321 g/mol. The first-order chi connectivity index (χ1) is 11.7. The van der Waals surface area contributed by atoms with Crippen molar-refractivity contribution in [3.8, 4) is 16.9 Å². The van der Waals surface area contributed by atoms with E-state index in [1.807, 2.05) is 30.3 Å². The van der Waals surface area contributed by atoms with Crippen LogP contribution in [-0.2, 0) is 0 Å². The Bertz CT molecular complexity index is 867. The highest BCUT2D eigenvalue weighted by molar-refractivity contribution is 5.94. The lowest BCUT2D eigenvalue weighted by Crippen LogP contribution is -2.27. The molecular formula is C19H16FN3O. The summed E-state index contributed by atoms with van der Waals surface area (Å²) in [5, 5.41) is 7.56. The molecule has 0 saturated heterocycles. The third kappa shape index (κ3) is 2.93. The first-order valence-electron chi connectivity index (χ1n) is 7.93. The van der Waals surface area contributed by atoms with Crippen LogP contribution in [0.5, 0.6) is 0 Å². The van der Waals surface area contributed by atoms with Gasteiger partial charge in [0, 0.05) is 11.6 Å². The standard InChI is InChI=1S/C19H16FN3O/c20-14-8-6-13(7-9-14)17-12-18(19(24)21-15-10-11-15)23(22-17)16-4-2-1-3-5-16/h1-9,12,15H,10-11H2,(H,21,24). The molecule has 1 N–H and O–H groups in total. The van der Waals surface area contributed by atoms with Crippen molar-refractivity contribution in [1.29, 1.82) is 0 Å². The maximum Gasteiger partial charge on any atom is 0.270 e. The number of benzene rings is 2. The van der Waals surface area contributed by atoms with Gasteiger partial charge < -0.3 is 5.32 Å². The van der Waals surface area contributed by atoms with E-state index in [9.17, 15) is 9.18 Å².